The van der Waals surface area contributed by atoms with Crippen LogP contribution in [0.3, 0.4) is 0 Å². The highest BCUT2D eigenvalue weighted by molar-refractivity contribution is 5.81. The van der Waals surface area contributed by atoms with Gasteiger partial charge in [-0.3, -0.25) is 9.69 Å². The van der Waals surface area contributed by atoms with Gasteiger partial charge < -0.3 is 4.90 Å². The Labute approximate surface area is 122 Å². The molecule has 0 bridgehead atoms. The molecule has 2 fully saturated rings. The molecule has 0 aliphatic carbocycles. The van der Waals surface area contributed by atoms with Crippen LogP contribution < -0.4 is 0 Å². The largest absolute Gasteiger partial charge is 0.341 e. The Morgan fingerprint density at radius 2 is 1.65 bits per heavy atom. The molecule has 0 spiro atoms. The maximum atomic E-state index is 12.6. The highest BCUT2D eigenvalue weighted by Crippen LogP contribution is 2.30. The Hall–Kier alpha value is -1.08. The number of hydrogen-bond donors (Lipinski definition) is 0. The molecular formula is C16H27N3O. The van der Waals surface area contributed by atoms with Gasteiger partial charge in [0.25, 0.3) is 0 Å². The van der Waals surface area contributed by atoms with E-state index in [2.05, 4.69) is 11.0 Å². The van der Waals surface area contributed by atoms with Gasteiger partial charge in [-0.2, -0.15) is 5.26 Å². The molecule has 0 aromatic carbocycles. The minimum atomic E-state index is -0.234. The molecule has 4 heteroatoms. The molecule has 0 radical (unpaired) electrons. The van der Waals surface area contributed by atoms with E-state index in [0.717, 1.165) is 39.0 Å². The molecule has 1 amide bonds. The molecule has 4 nitrogen and oxygen atoms in total. The van der Waals surface area contributed by atoms with Crippen molar-refractivity contribution in [3.05, 3.63) is 0 Å². The van der Waals surface area contributed by atoms with Gasteiger partial charge in [-0.15, -0.1) is 0 Å². The van der Waals surface area contributed by atoms with Gasteiger partial charge in [0.1, 0.15) is 0 Å². The number of nitriles is 1. The third-order valence-corrected chi connectivity index (χ3v) is 4.99. The van der Waals surface area contributed by atoms with Crippen LogP contribution in [0.15, 0.2) is 0 Å². The van der Waals surface area contributed by atoms with Crippen molar-refractivity contribution in [2.75, 3.05) is 26.2 Å². The van der Waals surface area contributed by atoms with E-state index < -0.39 is 0 Å². The summed E-state index contributed by atoms with van der Waals surface area (Å²) in [5.74, 6) is 0.256. The number of amides is 1. The Bertz CT molecular complexity index is 372. The number of piperidine rings is 1. The van der Waals surface area contributed by atoms with Crippen LogP contribution in [0.1, 0.15) is 52.4 Å². The molecule has 0 unspecified atom stereocenters. The fourth-order valence-corrected chi connectivity index (χ4v) is 3.24. The molecule has 0 saturated carbocycles. The lowest BCUT2D eigenvalue weighted by Crippen LogP contribution is -2.50. The second-order valence-corrected chi connectivity index (χ2v) is 6.62. The first-order valence-corrected chi connectivity index (χ1v) is 8.00. The SMILES string of the molecule is C[C@@H](C(=O)N1CCC(C)(C#N)CC1)N1CCCCCC1. The van der Waals surface area contributed by atoms with E-state index in [0.29, 0.717) is 0 Å². The van der Waals surface area contributed by atoms with Crippen molar-refractivity contribution in [3.63, 3.8) is 0 Å². The van der Waals surface area contributed by atoms with Crippen LogP contribution in [0, 0.1) is 16.7 Å². The van der Waals surface area contributed by atoms with Crippen molar-refractivity contribution in [1.82, 2.24) is 9.80 Å². The minimum Gasteiger partial charge on any atom is -0.341 e. The van der Waals surface area contributed by atoms with Crippen LogP contribution in [0.5, 0.6) is 0 Å². The number of nitrogens with zero attached hydrogens (tertiary/aromatic N) is 3. The molecule has 0 aromatic heterocycles. The van der Waals surface area contributed by atoms with E-state index in [1.165, 1.54) is 25.7 Å². The standard InChI is InChI=1S/C16H27N3O/c1-14(18-9-5-3-4-6-10-18)15(20)19-11-7-16(2,13-17)8-12-19/h14H,3-12H2,1-2H3/t14-/m0/s1. The van der Waals surface area contributed by atoms with Gasteiger partial charge in [-0.1, -0.05) is 12.8 Å². The zero-order chi connectivity index (χ0) is 14.6. The highest BCUT2D eigenvalue weighted by Gasteiger charge is 2.34. The Kier molecular flexibility index (Phi) is 5.04. The fraction of sp³-hybridized carbons (Fsp3) is 0.875. The van der Waals surface area contributed by atoms with Crippen LogP contribution in [0.25, 0.3) is 0 Å². The molecule has 2 saturated heterocycles. The highest BCUT2D eigenvalue weighted by atomic mass is 16.2. The zero-order valence-electron chi connectivity index (χ0n) is 12.9. The van der Waals surface area contributed by atoms with Crippen LogP contribution in [0.2, 0.25) is 0 Å². The molecule has 2 aliphatic rings. The summed E-state index contributed by atoms with van der Waals surface area (Å²) in [6.45, 7) is 7.63. The molecule has 2 rings (SSSR count). The molecule has 1 atom stereocenters. The molecule has 0 aromatic rings. The summed E-state index contributed by atoms with van der Waals surface area (Å²) in [4.78, 5) is 16.9. The van der Waals surface area contributed by atoms with Crippen molar-refractivity contribution < 1.29 is 4.79 Å². The predicted molar refractivity (Wildman–Crippen MR) is 79.0 cm³/mol. The first-order chi connectivity index (χ1) is 9.56. The first kappa shape index (κ1) is 15.3. The first-order valence-electron chi connectivity index (χ1n) is 8.00. The lowest BCUT2D eigenvalue weighted by molar-refractivity contribution is -0.138. The monoisotopic (exact) mass is 277 g/mol. The van der Waals surface area contributed by atoms with Gasteiger partial charge in [-0.25, -0.2) is 0 Å². The number of hydrogen-bond acceptors (Lipinski definition) is 3. The third kappa shape index (κ3) is 3.52. The topological polar surface area (TPSA) is 47.3 Å². The van der Waals surface area contributed by atoms with Crippen molar-refractivity contribution in [2.45, 2.75) is 58.4 Å². The summed E-state index contributed by atoms with van der Waals surface area (Å²) in [6.07, 6.45) is 6.63. The van der Waals surface area contributed by atoms with E-state index >= 15 is 0 Å². The third-order valence-electron chi connectivity index (χ3n) is 4.99. The molecule has 2 heterocycles. The lowest BCUT2D eigenvalue weighted by Gasteiger charge is -2.38. The van der Waals surface area contributed by atoms with Crippen molar-refractivity contribution in [1.29, 1.82) is 5.26 Å². The molecule has 112 valence electrons. The van der Waals surface area contributed by atoms with E-state index in [4.69, 9.17) is 5.26 Å². The van der Waals surface area contributed by atoms with Crippen LogP contribution in [0.4, 0.5) is 0 Å². The summed E-state index contributed by atoms with van der Waals surface area (Å²) in [6, 6.07) is 2.39. The smallest absolute Gasteiger partial charge is 0.239 e. The second kappa shape index (κ2) is 6.58. The maximum Gasteiger partial charge on any atom is 0.239 e. The predicted octanol–water partition coefficient (Wildman–Crippen LogP) is 2.40. The normalized spacial score (nSPS) is 25.6. The van der Waals surface area contributed by atoms with E-state index in [1.54, 1.807) is 0 Å². The quantitative estimate of drug-likeness (QED) is 0.778. The summed E-state index contributed by atoms with van der Waals surface area (Å²) in [7, 11) is 0. The van der Waals surface area contributed by atoms with Gasteiger partial charge in [0.05, 0.1) is 17.5 Å². The van der Waals surface area contributed by atoms with Crippen molar-refractivity contribution in [3.8, 4) is 6.07 Å². The Balaban J connectivity index is 1.89. The molecule has 0 N–H and O–H groups in total. The van der Waals surface area contributed by atoms with Crippen molar-refractivity contribution in [2.24, 2.45) is 5.41 Å². The molecular weight excluding hydrogens is 250 g/mol. The van der Waals surface area contributed by atoms with Gasteiger partial charge in [0.2, 0.25) is 5.91 Å². The van der Waals surface area contributed by atoms with Gasteiger partial charge in [0.15, 0.2) is 0 Å². The second-order valence-electron chi connectivity index (χ2n) is 6.62. The maximum absolute atomic E-state index is 12.6. The number of carbonyl (C=O) groups is 1. The number of carbonyl (C=O) groups excluding carboxylic acids is 1. The number of rotatable bonds is 2. The Morgan fingerprint density at radius 1 is 1.10 bits per heavy atom. The summed E-state index contributed by atoms with van der Waals surface area (Å²) < 4.78 is 0. The van der Waals surface area contributed by atoms with E-state index in [9.17, 15) is 4.79 Å². The minimum absolute atomic E-state index is 0.000424. The number of likely N-dealkylation sites (tertiary alicyclic amines) is 2. The lowest BCUT2D eigenvalue weighted by atomic mass is 9.82. The Morgan fingerprint density at radius 3 is 2.15 bits per heavy atom. The van der Waals surface area contributed by atoms with E-state index in [1.807, 2.05) is 18.7 Å². The van der Waals surface area contributed by atoms with Crippen molar-refractivity contribution >= 4 is 5.91 Å². The molecule has 2 aliphatic heterocycles. The fourth-order valence-electron chi connectivity index (χ4n) is 3.24. The van der Waals surface area contributed by atoms with Crippen LogP contribution in [-0.2, 0) is 4.79 Å². The van der Waals surface area contributed by atoms with Gasteiger partial charge in [-0.05, 0) is 52.6 Å². The summed E-state index contributed by atoms with van der Waals surface area (Å²) in [5.41, 5.74) is -0.234. The average Bonchev–Trinajstić information content (AvgIpc) is 2.75. The average molecular weight is 277 g/mol. The van der Waals surface area contributed by atoms with Crippen LogP contribution in [-0.4, -0.2) is 47.9 Å². The summed E-state index contributed by atoms with van der Waals surface area (Å²) >= 11 is 0. The van der Waals surface area contributed by atoms with Gasteiger partial charge in [0, 0.05) is 13.1 Å². The molecule has 20 heavy (non-hydrogen) atoms. The van der Waals surface area contributed by atoms with Gasteiger partial charge >= 0.3 is 0 Å². The summed E-state index contributed by atoms with van der Waals surface area (Å²) in [5, 5.41) is 9.16. The van der Waals surface area contributed by atoms with E-state index in [-0.39, 0.29) is 17.4 Å². The van der Waals surface area contributed by atoms with Crippen LogP contribution >= 0.6 is 0 Å². The zero-order valence-corrected chi connectivity index (χ0v) is 12.9.